The molecule has 1 amide bonds. The molecule has 21 heavy (non-hydrogen) atoms. The van der Waals surface area contributed by atoms with Crippen LogP contribution >= 0.6 is 0 Å². The van der Waals surface area contributed by atoms with E-state index in [1.54, 1.807) is 0 Å². The van der Waals surface area contributed by atoms with E-state index in [0.29, 0.717) is 13.0 Å². The summed E-state index contributed by atoms with van der Waals surface area (Å²) in [5.41, 5.74) is 4.21. The first-order valence-corrected chi connectivity index (χ1v) is 7.12. The third-order valence-electron chi connectivity index (χ3n) is 3.34. The van der Waals surface area contributed by atoms with Crippen molar-refractivity contribution >= 4 is 11.6 Å². The Hall–Kier alpha value is -2.29. The summed E-state index contributed by atoms with van der Waals surface area (Å²) in [4.78, 5) is 11.9. The third kappa shape index (κ3) is 4.35. The topological polar surface area (TPSA) is 38.3 Å². The number of amides is 1. The highest BCUT2D eigenvalue weighted by Crippen LogP contribution is 2.19. The molecule has 0 spiro atoms. The zero-order chi connectivity index (χ0) is 15.2. The molecule has 0 atom stereocenters. The molecule has 0 radical (unpaired) electrons. The van der Waals surface area contributed by atoms with Crippen LogP contribution < -0.4 is 10.1 Å². The van der Waals surface area contributed by atoms with E-state index >= 15 is 0 Å². The van der Waals surface area contributed by atoms with Crippen molar-refractivity contribution in [3.63, 3.8) is 0 Å². The maximum atomic E-state index is 11.9. The fraction of sp³-hybridized carbons (Fsp3) is 0.278. The maximum Gasteiger partial charge on any atom is 0.227 e. The molecule has 3 heteroatoms. The molecule has 0 aromatic heterocycles. The van der Waals surface area contributed by atoms with Gasteiger partial charge in [0.25, 0.3) is 0 Å². The van der Waals surface area contributed by atoms with Crippen LogP contribution in [0.4, 0.5) is 5.69 Å². The molecule has 0 saturated heterocycles. The van der Waals surface area contributed by atoms with Gasteiger partial charge in [0.15, 0.2) is 0 Å². The fourth-order valence-electron chi connectivity index (χ4n) is 2.14. The highest BCUT2D eigenvalue weighted by molar-refractivity contribution is 5.91. The van der Waals surface area contributed by atoms with Gasteiger partial charge in [0.05, 0.1) is 13.0 Å². The van der Waals surface area contributed by atoms with Crippen molar-refractivity contribution in [3.8, 4) is 5.75 Å². The van der Waals surface area contributed by atoms with Gasteiger partial charge in [-0.1, -0.05) is 35.9 Å². The van der Waals surface area contributed by atoms with Crippen LogP contribution in [0.2, 0.25) is 0 Å². The van der Waals surface area contributed by atoms with Gasteiger partial charge in [0.1, 0.15) is 5.75 Å². The second-order valence-electron chi connectivity index (χ2n) is 5.23. The number of anilines is 1. The minimum Gasteiger partial charge on any atom is -0.493 e. The van der Waals surface area contributed by atoms with Crippen molar-refractivity contribution in [3.05, 3.63) is 59.2 Å². The predicted octanol–water partition coefficient (Wildman–Crippen LogP) is 4.02. The van der Waals surface area contributed by atoms with Gasteiger partial charge in [-0.15, -0.1) is 0 Å². The lowest BCUT2D eigenvalue weighted by molar-refractivity contribution is -0.116. The number of hydrogen-bond donors (Lipinski definition) is 1. The summed E-state index contributed by atoms with van der Waals surface area (Å²) in [7, 11) is 0. The van der Waals surface area contributed by atoms with Crippen LogP contribution in [0.5, 0.6) is 5.75 Å². The fourth-order valence-corrected chi connectivity index (χ4v) is 2.14. The van der Waals surface area contributed by atoms with E-state index in [-0.39, 0.29) is 5.91 Å². The molecule has 0 aliphatic rings. The molecule has 0 saturated carbocycles. The van der Waals surface area contributed by atoms with Gasteiger partial charge in [-0.25, -0.2) is 0 Å². The van der Waals surface area contributed by atoms with E-state index in [9.17, 15) is 4.79 Å². The van der Waals surface area contributed by atoms with Gasteiger partial charge in [-0.05, 0) is 44.0 Å². The van der Waals surface area contributed by atoms with Crippen LogP contribution in [0, 0.1) is 20.8 Å². The molecule has 0 unspecified atom stereocenters. The van der Waals surface area contributed by atoms with Crippen molar-refractivity contribution in [1.82, 2.24) is 0 Å². The van der Waals surface area contributed by atoms with Crippen LogP contribution in [-0.2, 0) is 4.79 Å². The molecule has 0 aliphatic carbocycles. The molecule has 0 fully saturated rings. The molecule has 0 aliphatic heterocycles. The first kappa shape index (κ1) is 15.1. The number of carbonyl (C=O) groups excluding carboxylic acids is 1. The van der Waals surface area contributed by atoms with Gasteiger partial charge in [0.2, 0.25) is 5.91 Å². The van der Waals surface area contributed by atoms with E-state index in [1.807, 2.05) is 57.2 Å². The van der Waals surface area contributed by atoms with Crippen molar-refractivity contribution in [2.24, 2.45) is 0 Å². The molecular weight excluding hydrogens is 262 g/mol. The van der Waals surface area contributed by atoms with E-state index in [0.717, 1.165) is 22.6 Å². The highest BCUT2D eigenvalue weighted by Gasteiger charge is 2.05. The predicted molar refractivity (Wildman–Crippen MR) is 85.8 cm³/mol. The summed E-state index contributed by atoms with van der Waals surface area (Å²) in [6.07, 6.45) is 0.335. The standard InChI is InChI=1S/C18H21NO2/c1-13-8-9-17(15(3)12-13)21-11-10-18(20)19-16-7-5-4-6-14(16)2/h4-9,12H,10-11H2,1-3H3,(H,19,20). The number of para-hydroxylation sites is 1. The monoisotopic (exact) mass is 283 g/mol. The van der Waals surface area contributed by atoms with Crippen molar-refractivity contribution in [1.29, 1.82) is 0 Å². The minimum atomic E-state index is -0.0333. The largest absolute Gasteiger partial charge is 0.493 e. The van der Waals surface area contributed by atoms with Gasteiger partial charge in [-0.3, -0.25) is 4.79 Å². The third-order valence-corrected chi connectivity index (χ3v) is 3.34. The minimum absolute atomic E-state index is 0.0333. The Labute approximate surface area is 126 Å². The van der Waals surface area contributed by atoms with Crippen LogP contribution in [0.25, 0.3) is 0 Å². The molecule has 2 aromatic carbocycles. The van der Waals surface area contributed by atoms with Crippen molar-refractivity contribution in [2.75, 3.05) is 11.9 Å². The smallest absolute Gasteiger partial charge is 0.227 e. The van der Waals surface area contributed by atoms with Crippen molar-refractivity contribution < 1.29 is 9.53 Å². The Morgan fingerprint density at radius 1 is 1.05 bits per heavy atom. The average molecular weight is 283 g/mol. The summed E-state index contributed by atoms with van der Waals surface area (Å²) < 4.78 is 5.67. The zero-order valence-corrected chi connectivity index (χ0v) is 12.8. The quantitative estimate of drug-likeness (QED) is 0.900. The zero-order valence-electron chi connectivity index (χ0n) is 12.8. The molecule has 3 nitrogen and oxygen atoms in total. The van der Waals surface area contributed by atoms with E-state index in [2.05, 4.69) is 11.4 Å². The lowest BCUT2D eigenvalue weighted by Crippen LogP contribution is -2.16. The van der Waals surface area contributed by atoms with Gasteiger partial charge < -0.3 is 10.1 Å². The van der Waals surface area contributed by atoms with Crippen LogP contribution in [-0.4, -0.2) is 12.5 Å². The molecule has 0 bridgehead atoms. The Balaban J connectivity index is 1.83. The van der Waals surface area contributed by atoms with Gasteiger partial charge in [0, 0.05) is 5.69 Å². The second-order valence-corrected chi connectivity index (χ2v) is 5.23. The SMILES string of the molecule is Cc1ccc(OCCC(=O)Nc2ccccc2C)c(C)c1. The van der Waals surface area contributed by atoms with E-state index in [1.165, 1.54) is 5.56 Å². The lowest BCUT2D eigenvalue weighted by atomic mass is 10.1. The first-order chi connectivity index (χ1) is 10.1. The van der Waals surface area contributed by atoms with Crippen LogP contribution in [0.1, 0.15) is 23.1 Å². The number of aryl methyl sites for hydroxylation is 3. The highest BCUT2D eigenvalue weighted by atomic mass is 16.5. The lowest BCUT2D eigenvalue weighted by Gasteiger charge is -2.11. The summed E-state index contributed by atoms with van der Waals surface area (Å²) in [6, 6.07) is 13.8. The van der Waals surface area contributed by atoms with Crippen molar-refractivity contribution in [2.45, 2.75) is 27.2 Å². The number of nitrogens with one attached hydrogen (secondary N) is 1. The molecule has 2 aromatic rings. The average Bonchev–Trinajstić information content (AvgIpc) is 2.44. The number of ether oxygens (including phenoxy) is 1. The summed E-state index contributed by atoms with van der Waals surface area (Å²) in [5, 5.41) is 2.90. The molecule has 110 valence electrons. The summed E-state index contributed by atoms with van der Waals surface area (Å²) >= 11 is 0. The number of hydrogen-bond acceptors (Lipinski definition) is 2. The molecule has 0 heterocycles. The normalized spacial score (nSPS) is 10.2. The number of benzene rings is 2. The van der Waals surface area contributed by atoms with E-state index < -0.39 is 0 Å². The molecule has 2 rings (SSSR count). The second kappa shape index (κ2) is 6.93. The molecular formula is C18H21NO2. The number of rotatable bonds is 5. The Morgan fingerprint density at radius 2 is 1.81 bits per heavy atom. The van der Waals surface area contributed by atoms with E-state index in [4.69, 9.17) is 4.74 Å². The number of carbonyl (C=O) groups is 1. The van der Waals surface area contributed by atoms with Crippen LogP contribution in [0.15, 0.2) is 42.5 Å². The van der Waals surface area contributed by atoms with Crippen LogP contribution in [0.3, 0.4) is 0 Å². The summed E-state index contributed by atoms with van der Waals surface area (Å²) in [6.45, 7) is 6.41. The Morgan fingerprint density at radius 3 is 2.52 bits per heavy atom. The van der Waals surface area contributed by atoms with Gasteiger partial charge >= 0.3 is 0 Å². The molecule has 1 N–H and O–H groups in total. The maximum absolute atomic E-state index is 11.9. The summed E-state index contributed by atoms with van der Waals surface area (Å²) in [5.74, 6) is 0.804. The van der Waals surface area contributed by atoms with Gasteiger partial charge in [-0.2, -0.15) is 0 Å². The Bertz CT molecular complexity index is 635. The first-order valence-electron chi connectivity index (χ1n) is 7.12. The Kier molecular flexibility index (Phi) is 4.99.